The average Bonchev–Trinajstić information content (AvgIpc) is 3.32. The summed E-state index contributed by atoms with van der Waals surface area (Å²) in [6, 6.07) is 8.95. The van der Waals surface area contributed by atoms with Crippen molar-refractivity contribution in [2.75, 3.05) is 13.1 Å². The fourth-order valence-corrected chi connectivity index (χ4v) is 3.45. The zero-order chi connectivity index (χ0) is 18.8. The van der Waals surface area contributed by atoms with Crippen LogP contribution in [-0.4, -0.2) is 38.2 Å². The largest absolute Gasteiger partial charge is 0.419 e. The second kappa shape index (κ2) is 7.56. The number of hydrogen-bond acceptors (Lipinski definition) is 6. The quantitative estimate of drug-likeness (QED) is 0.684. The predicted octanol–water partition coefficient (Wildman–Crippen LogP) is 3.95. The molecular formula is C21H25N5O. The van der Waals surface area contributed by atoms with E-state index in [0.717, 1.165) is 31.7 Å². The summed E-state index contributed by atoms with van der Waals surface area (Å²) in [5.41, 5.74) is 4.22. The van der Waals surface area contributed by atoms with Gasteiger partial charge >= 0.3 is 0 Å². The molecule has 1 atom stereocenters. The molecule has 6 nitrogen and oxygen atoms in total. The summed E-state index contributed by atoms with van der Waals surface area (Å²) in [7, 11) is 0. The van der Waals surface area contributed by atoms with Crippen LogP contribution in [0.1, 0.15) is 54.8 Å². The van der Waals surface area contributed by atoms with Crippen molar-refractivity contribution in [1.82, 2.24) is 25.1 Å². The van der Waals surface area contributed by atoms with Crippen molar-refractivity contribution in [2.45, 2.75) is 45.6 Å². The minimum atomic E-state index is 0.277. The zero-order valence-electron chi connectivity index (χ0n) is 16.1. The molecule has 6 heteroatoms. The van der Waals surface area contributed by atoms with Crippen LogP contribution >= 0.6 is 0 Å². The van der Waals surface area contributed by atoms with E-state index < -0.39 is 0 Å². The minimum absolute atomic E-state index is 0.277. The van der Waals surface area contributed by atoms with Crippen LogP contribution in [0, 0.1) is 6.92 Å². The molecule has 1 aliphatic heterocycles. The van der Waals surface area contributed by atoms with Crippen molar-refractivity contribution in [3.8, 4) is 11.6 Å². The summed E-state index contributed by atoms with van der Waals surface area (Å²) in [6.07, 6.45) is 4.42. The van der Waals surface area contributed by atoms with E-state index >= 15 is 0 Å². The molecule has 1 saturated heterocycles. The lowest BCUT2D eigenvalue weighted by Crippen LogP contribution is -2.19. The highest BCUT2D eigenvalue weighted by atomic mass is 16.4. The summed E-state index contributed by atoms with van der Waals surface area (Å²) in [6.45, 7) is 9.28. The van der Waals surface area contributed by atoms with E-state index in [1.165, 1.54) is 11.1 Å². The van der Waals surface area contributed by atoms with Gasteiger partial charge in [-0.2, -0.15) is 0 Å². The van der Waals surface area contributed by atoms with Crippen molar-refractivity contribution >= 4 is 0 Å². The third kappa shape index (κ3) is 4.06. The molecule has 3 aromatic rings. The normalized spacial score (nSPS) is 17.7. The summed E-state index contributed by atoms with van der Waals surface area (Å²) < 4.78 is 5.88. The Kier molecular flexibility index (Phi) is 4.99. The number of rotatable bonds is 5. The van der Waals surface area contributed by atoms with Gasteiger partial charge in [0.05, 0.1) is 17.8 Å². The van der Waals surface area contributed by atoms with E-state index in [2.05, 4.69) is 63.2 Å². The van der Waals surface area contributed by atoms with Gasteiger partial charge in [0.25, 0.3) is 5.89 Å². The number of hydrogen-bond donors (Lipinski definition) is 0. The number of nitrogens with zero attached hydrogens (tertiary/aromatic N) is 5. The molecule has 140 valence electrons. The minimum Gasteiger partial charge on any atom is -0.419 e. The Morgan fingerprint density at radius 1 is 1.11 bits per heavy atom. The van der Waals surface area contributed by atoms with Crippen LogP contribution in [0.25, 0.3) is 11.6 Å². The van der Waals surface area contributed by atoms with Crippen LogP contribution in [-0.2, 0) is 6.54 Å². The van der Waals surface area contributed by atoms with E-state index in [0.29, 0.717) is 23.4 Å². The molecule has 1 aromatic carbocycles. The Bertz CT molecular complexity index is 886. The molecule has 0 bridgehead atoms. The van der Waals surface area contributed by atoms with Crippen molar-refractivity contribution in [2.24, 2.45) is 0 Å². The fourth-order valence-electron chi connectivity index (χ4n) is 3.45. The maximum atomic E-state index is 5.88. The highest BCUT2D eigenvalue weighted by Gasteiger charge is 2.28. The van der Waals surface area contributed by atoms with Gasteiger partial charge in [-0.1, -0.05) is 38.1 Å². The number of aryl methyl sites for hydroxylation is 1. The van der Waals surface area contributed by atoms with Gasteiger partial charge in [0.1, 0.15) is 5.69 Å². The monoisotopic (exact) mass is 363 g/mol. The van der Waals surface area contributed by atoms with Crippen LogP contribution in [0.2, 0.25) is 0 Å². The van der Waals surface area contributed by atoms with Gasteiger partial charge in [-0.15, -0.1) is 10.2 Å². The van der Waals surface area contributed by atoms with Crippen LogP contribution in [0.3, 0.4) is 0 Å². The van der Waals surface area contributed by atoms with Gasteiger partial charge in [-0.3, -0.25) is 9.88 Å². The molecule has 0 spiro atoms. The third-order valence-electron chi connectivity index (χ3n) is 5.11. The molecule has 0 unspecified atom stereocenters. The number of aromatic nitrogens is 4. The second-order valence-corrected chi connectivity index (χ2v) is 7.61. The van der Waals surface area contributed by atoms with E-state index in [9.17, 15) is 0 Å². The molecule has 27 heavy (non-hydrogen) atoms. The predicted molar refractivity (Wildman–Crippen MR) is 103 cm³/mol. The zero-order valence-corrected chi connectivity index (χ0v) is 16.1. The van der Waals surface area contributed by atoms with Crippen molar-refractivity contribution in [1.29, 1.82) is 0 Å². The molecular weight excluding hydrogens is 338 g/mol. The molecule has 0 amide bonds. The molecule has 1 aliphatic rings. The van der Waals surface area contributed by atoms with Gasteiger partial charge in [-0.05, 0) is 36.9 Å². The summed E-state index contributed by atoms with van der Waals surface area (Å²) in [5, 5.41) is 8.42. The lowest BCUT2D eigenvalue weighted by atomic mass is 10.0. The molecule has 3 heterocycles. The van der Waals surface area contributed by atoms with Gasteiger partial charge in [0.2, 0.25) is 5.89 Å². The molecule has 1 fully saturated rings. The van der Waals surface area contributed by atoms with Gasteiger partial charge in [0, 0.05) is 19.3 Å². The SMILES string of the molecule is Cc1cnc(-c2nnc([C@H]3CCN(Cc4ccc(C(C)C)cc4)C3)o2)cn1. The molecule has 2 aromatic heterocycles. The maximum Gasteiger partial charge on any atom is 0.267 e. The molecule has 0 radical (unpaired) electrons. The van der Waals surface area contributed by atoms with Gasteiger partial charge < -0.3 is 4.42 Å². The van der Waals surface area contributed by atoms with E-state index in [1.54, 1.807) is 12.4 Å². The Hall–Kier alpha value is -2.60. The highest BCUT2D eigenvalue weighted by molar-refractivity contribution is 5.43. The van der Waals surface area contributed by atoms with Crippen LogP contribution in [0.15, 0.2) is 41.1 Å². The number of benzene rings is 1. The lowest BCUT2D eigenvalue weighted by molar-refractivity contribution is 0.320. The Morgan fingerprint density at radius 3 is 2.63 bits per heavy atom. The first-order valence-electron chi connectivity index (χ1n) is 9.52. The smallest absolute Gasteiger partial charge is 0.267 e. The topological polar surface area (TPSA) is 67.9 Å². The first-order chi connectivity index (χ1) is 13.1. The highest BCUT2D eigenvalue weighted by Crippen LogP contribution is 2.29. The standard InChI is InChI=1S/C21H25N5O/c1-14(2)17-6-4-16(5-7-17)12-26-9-8-18(13-26)20-24-25-21(27-20)19-11-22-15(3)10-23-19/h4-7,10-11,14,18H,8-9,12-13H2,1-3H3/t18-/m0/s1. The Labute approximate surface area is 159 Å². The second-order valence-electron chi connectivity index (χ2n) is 7.61. The number of likely N-dealkylation sites (tertiary alicyclic amines) is 1. The van der Waals surface area contributed by atoms with Crippen molar-refractivity contribution < 1.29 is 4.42 Å². The van der Waals surface area contributed by atoms with Crippen LogP contribution in [0.4, 0.5) is 0 Å². The summed E-state index contributed by atoms with van der Waals surface area (Å²) in [4.78, 5) is 11.0. The fraction of sp³-hybridized carbons (Fsp3) is 0.429. The Balaban J connectivity index is 1.39. The Morgan fingerprint density at radius 2 is 1.93 bits per heavy atom. The maximum absolute atomic E-state index is 5.88. The first-order valence-corrected chi connectivity index (χ1v) is 9.52. The van der Waals surface area contributed by atoms with Crippen LogP contribution in [0.5, 0.6) is 0 Å². The van der Waals surface area contributed by atoms with E-state index in [1.807, 2.05) is 6.92 Å². The van der Waals surface area contributed by atoms with Crippen LogP contribution < -0.4 is 0 Å². The van der Waals surface area contributed by atoms with E-state index in [4.69, 9.17) is 4.42 Å². The molecule has 0 saturated carbocycles. The molecule has 0 N–H and O–H groups in total. The van der Waals surface area contributed by atoms with E-state index in [-0.39, 0.29) is 5.92 Å². The van der Waals surface area contributed by atoms with Gasteiger partial charge in [-0.25, -0.2) is 4.98 Å². The lowest BCUT2D eigenvalue weighted by Gasteiger charge is -2.16. The molecule has 4 rings (SSSR count). The van der Waals surface area contributed by atoms with Crippen molar-refractivity contribution in [3.05, 3.63) is 59.4 Å². The van der Waals surface area contributed by atoms with Gasteiger partial charge in [0.15, 0.2) is 0 Å². The van der Waals surface area contributed by atoms with Crippen molar-refractivity contribution in [3.63, 3.8) is 0 Å². The third-order valence-corrected chi connectivity index (χ3v) is 5.11. The summed E-state index contributed by atoms with van der Waals surface area (Å²) >= 11 is 0. The summed E-state index contributed by atoms with van der Waals surface area (Å²) in [5.74, 6) is 1.99. The first kappa shape index (κ1) is 17.8. The average molecular weight is 363 g/mol. The molecule has 0 aliphatic carbocycles.